The smallest absolute Gasteiger partial charge is 0.249 e. The van der Waals surface area contributed by atoms with Gasteiger partial charge >= 0.3 is 0 Å². The Morgan fingerprint density at radius 2 is 1.77 bits per heavy atom. The maximum absolute atomic E-state index is 12.6. The second-order valence-corrected chi connectivity index (χ2v) is 8.57. The average Bonchev–Trinajstić information content (AvgIpc) is 2.80. The first kappa shape index (κ1) is 21.3. The molecular weight excluding hydrogens is 384 g/mol. The van der Waals surface area contributed by atoms with Gasteiger partial charge in [-0.2, -0.15) is 0 Å². The van der Waals surface area contributed by atoms with Gasteiger partial charge in [-0.3, -0.25) is 9.59 Å². The van der Waals surface area contributed by atoms with Crippen LogP contribution in [-0.2, 0) is 19.1 Å². The van der Waals surface area contributed by atoms with E-state index in [-0.39, 0.29) is 37.0 Å². The van der Waals surface area contributed by atoms with E-state index < -0.39 is 12.1 Å². The molecule has 2 amide bonds. The van der Waals surface area contributed by atoms with E-state index in [1.807, 2.05) is 29.2 Å². The molecule has 7 nitrogen and oxygen atoms in total. The van der Waals surface area contributed by atoms with Crippen LogP contribution in [0.25, 0.3) is 0 Å². The third-order valence-electron chi connectivity index (χ3n) is 6.64. The Balaban J connectivity index is 1.44. The third-order valence-corrected chi connectivity index (χ3v) is 6.64. The minimum absolute atomic E-state index is 0.0126. The predicted molar refractivity (Wildman–Crippen MR) is 112 cm³/mol. The van der Waals surface area contributed by atoms with Crippen LogP contribution in [0.2, 0.25) is 0 Å². The molecule has 2 heterocycles. The van der Waals surface area contributed by atoms with Crippen molar-refractivity contribution in [3.63, 3.8) is 0 Å². The normalized spacial score (nSPS) is 26.6. The van der Waals surface area contributed by atoms with E-state index in [1.54, 1.807) is 0 Å². The third kappa shape index (κ3) is 4.68. The average molecular weight is 417 g/mol. The largest absolute Gasteiger partial charge is 0.394 e. The number of hydrogen-bond acceptors (Lipinski definition) is 5. The van der Waals surface area contributed by atoms with Crippen molar-refractivity contribution in [3.05, 3.63) is 29.8 Å². The summed E-state index contributed by atoms with van der Waals surface area (Å²) >= 11 is 0. The molecule has 3 aliphatic rings. The summed E-state index contributed by atoms with van der Waals surface area (Å²) < 4.78 is 11.3. The van der Waals surface area contributed by atoms with Gasteiger partial charge in [0.15, 0.2) is 0 Å². The number of rotatable bonds is 5. The number of morpholine rings is 1. The molecule has 7 heteroatoms. The molecular formula is C23H32N2O5. The number of nitrogens with one attached hydrogen (secondary N) is 1. The molecule has 2 N–H and O–H groups in total. The van der Waals surface area contributed by atoms with Crippen molar-refractivity contribution < 1.29 is 24.2 Å². The zero-order chi connectivity index (χ0) is 20.9. The molecule has 1 aromatic rings. The quantitative estimate of drug-likeness (QED) is 0.771. The van der Waals surface area contributed by atoms with Gasteiger partial charge in [0.1, 0.15) is 12.7 Å². The highest BCUT2D eigenvalue weighted by molar-refractivity contribution is 5.92. The SMILES string of the molecule is O=C(Nc1ccc(C2OCC(=O)N(C3CCOCC3)C2CO)cc1)C1CCCCC1. The first-order valence-corrected chi connectivity index (χ1v) is 11.2. The summed E-state index contributed by atoms with van der Waals surface area (Å²) in [4.78, 5) is 26.9. The van der Waals surface area contributed by atoms with Crippen LogP contribution in [0.1, 0.15) is 56.6 Å². The fraction of sp³-hybridized carbons (Fsp3) is 0.652. The molecule has 2 unspecified atom stereocenters. The van der Waals surface area contributed by atoms with Crippen LogP contribution < -0.4 is 5.32 Å². The number of carbonyl (C=O) groups excluding carboxylic acids is 2. The fourth-order valence-electron chi connectivity index (χ4n) is 4.98. The molecule has 30 heavy (non-hydrogen) atoms. The van der Waals surface area contributed by atoms with E-state index in [1.165, 1.54) is 6.42 Å². The molecule has 0 aromatic heterocycles. The number of carbonyl (C=O) groups is 2. The molecule has 3 fully saturated rings. The molecule has 0 radical (unpaired) electrons. The number of amides is 2. The van der Waals surface area contributed by atoms with Crippen LogP contribution in [0.15, 0.2) is 24.3 Å². The van der Waals surface area contributed by atoms with Crippen LogP contribution in [0.3, 0.4) is 0 Å². The first-order chi connectivity index (χ1) is 14.7. The van der Waals surface area contributed by atoms with Crippen molar-refractivity contribution in [2.75, 3.05) is 31.7 Å². The minimum atomic E-state index is -0.419. The van der Waals surface area contributed by atoms with E-state index in [2.05, 4.69) is 5.32 Å². The lowest BCUT2D eigenvalue weighted by molar-refractivity contribution is -0.168. The summed E-state index contributed by atoms with van der Waals surface area (Å²) in [5.41, 5.74) is 1.66. The van der Waals surface area contributed by atoms with Crippen LogP contribution in [0, 0.1) is 5.92 Å². The number of nitrogens with zero attached hydrogens (tertiary/aromatic N) is 1. The Labute approximate surface area is 177 Å². The van der Waals surface area contributed by atoms with Crippen molar-refractivity contribution >= 4 is 17.5 Å². The number of hydrogen-bond donors (Lipinski definition) is 2. The lowest BCUT2D eigenvalue weighted by Crippen LogP contribution is -2.57. The van der Waals surface area contributed by atoms with Crippen LogP contribution >= 0.6 is 0 Å². The highest BCUT2D eigenvalue weighted by atomic mass is 16.5. The Morgan fingerprint density at radius 1 is 1.07 bits per heavy atom. The topological polar surface area (TPSA) is 88.1 Å². The van der Waals surface area contributed by atoms with Gasteiger partial charge in [0.2, 0.25) is 11.8 Å². The summed E-state index contributed by atoms with van der Waals surface area (Å²) in [7, 11) is 0. The highest BCUT2D eigenvalue weighted by Gasteiger charge is 2.41. The van der Waals surface area contributed by atoms with E-state index in [9.17, 15) is 14.7 Å². The maximum Gasteiger partial charge on any atom is 0.249 e. The Kier molecular flexibility index (Phi) is 7.02. The molecule has 0 spiro atoms. The molecule has 164 valence electrons. The van der Waals surface area contributed by atoms with Crippen molar-refractivity contribution in [1.29, 1.82) is 0 Å². The van der Waals surface area contributed by atoms with Crippen LogP contribution in [0.5, 0.6) is 0 Å². The summed E-state index contributed by atoms with van der Waals surface area (Å²) in [6.07, 6.45) is 6.57. The van der Waals surface area contributed by atoms with Gasteiger partial charge in [0.25, 0.3) is 0 Å². The van der Waals surface area contributed by atoms with Crippen molar-refractivity contribution in [2.45, 2.75) is 63.1 Å². The predicted octanol–water partition coefficient (Wildman–Crippen LogP) is 2.65. The van der Waals surface area contributed by atoms with Crippen LogP contribution in [0.4, 0.5) is 5.69 Å². The number of anilines is 1. The number of benzene rings is 1. The molecule has 2 saturated heterocycles. The van der Waals surface area contributed by atoms with E-state index in [4.69, 9.17) is 9.47 Å². The van der Waals surface area contributed by atoms with Crippen molar-refractivity contribution in [2.24, 2.45) is 5.92 Å². The summed E-state index contributed by atoms with van der Waals surface area (Å²) in [6.45, 7) is 1.12. The lowest BCUT2D eigenvalue weighted by atomic mass is 9.88. The second-order valence-electron chi connectivity index (χ2n) is 8.57. The fourth-order valence-corrected chi connectivity index (χ4v) is 4.98. The Bertz CT molecular complexity index is 726. The van der Waals surface area contributed by atoms with Gasteiger partial charge in [0.05, 0.1) is 12.6 Å². The van der Waals surface area contributed by atoms with Crippen molar-refractivity contribution in [1.82, 2.24) is 4.90 Å². The molecule has 1 saturated carbocycles. The van der Waals surface area contributed by atoms with E-state index in [0.717, 1.165) is 49.8 Å². The molecule has 2 aliphatic heterocycles. The van der Waals surface area contributed by atoms with Gasteiger partial charge in [0, 0.05) is 30.9 Å². The maximum atomic E-state index is 12.6. The monoisotopic (exact) mass is 416 g/mol. The first-order valence-electron chi connectivity index (χ1n) is 11.2. The summed E-state index contributed by atoms with van der Waals surface area (Å²) in [5.74, 6) is 0.132. The van der Waals surface area contributed by atoms with Gasteiger partial charge in [-0.25, -0.2) is 0 Å². The lowest BCUT2D eigenvalue weighted by Gasteiger charge is -2.45. The van der Waals surface area contributed by atoms with Gasteiger partial charge in [-0.05, 0) is 43.4 Å². The Morgan fingerprint density at radius 3 is 2.43 bits per heavy atom. The molecule has 2 atom stereocenters. The second kappa shape index (κ2) is 9.90. The Hall–Kier alpha value is -1.96. The summed E-state index contributed by atoms with van der Waals surface area (Å²) in [6, 6.07) is 7.25. The zero-order valence-electron chi connectivity index (χ0n) is 17.4. The van der Waals surface area contributed by atoms with E-state index >= 15 is 0 Å². The molecule has 4 rings (SSSR count). The van der Waals surface area contributed by atoms with Crippen LogP contribution in [-0.4, -0.2) is 60.3 Å². The van der Waals surface area contributed by atoms with Gasteiger partial charge < -0.3 is 24.8 Å². The van der Waals surface area contributed by atoms with Gasteiger partial charge in [-0.15, -0.1) is 0 Å². The molecule has 0 bridgehead atoms. The molecule has 1 aliphatic carbocycles. The summed E-state index contributed by atoms with van der Waals surface area (Å²) in [5, 5.41) is 13.1. The zero-order valence-corrected chi connectivity index (χ0v) is 17.4. The number of ether oxygens (including phenoxy) is 2. The molecule has 1 aromatic carbocycles. The van der Waals surface area contributed by atoms with Crippen molar-refractivity contribution in [3.8, 4) is 0 Å². The number of aliphatic hydroxyl groups excluding tert-OH is 1. The number of aliphatic hydroxyl groups is 1. The van der Waals surface area contributed by atoms with Gasteiger partial charge in [-0.1, -0.05) is 31.4 Å². The standard InChI is InChI=1S/C23H32N2O5/c26-14-20-22(30-15-21(27)25(20)19-10-12-29-13-11-19)16-6-8-18(9-7-16)24-23(28)17-4-2-1-3-5-17/h6-9,17,19-20,22,26H,1-5,10-15H2,(H,24,28). The van der Waals surface area contributed by atoms with E-state index in [0.29, 0.717) is 13.2 Å². The highest BCUT2D eigenvalue weighted by Crippen LogP contribution is 2.33. The minimum Gasteiger partial charge on any atom is -0.394 e.